The number of ether oxygens (including phenoxy) is 2. The summed E-state index contributed by atoms with van der Waals surface area (Å²) in [5, 5.41) is 6.59. The van der Waals surface area contributed by atoms with Gasteiger partial charge < -0.3 is 20.1 Å². The van der Waals surface area contributed by atoms with E-state index in [1.165, 1.54) is 23.1 Å². The normalized spacial score (nSPS) is 17.6. The van der Waals surface area contributed by atoms with Gasteiger partial charge in [-0.15, -0.1) is 11.8 Å². The number of hydrogen-bond acceptors (Lipinski definition) is 6. The number of amides is 1. The summed E-state index contributed by atoms with van der Waals surface area (Å²) in [6.07, 6.45) is 0.562. The van der Waals surface area contributed by atoms with E-state index in [0.29, 0.717) is 6.42 Å². The van der Waals surface area contributed by atoms with Crippen LogP contribution in [0.15, 0.2) is 83.8 Å². The quantitative estimate of drug-likeness (QED) is 0.340. The second-order valence-corrected chi connectivity index (χ2v) is 11.4. The molecule has 1 aliphatic rings. The first-order valence-corrected chi connectivity index (χ1v) is 13.3. The molecular formula is C30H34N2O4S. The lowest BCUT2D eigenvalue weighted by atomic mass is 9.91. The number of hydrogen-bond donors (Lipinski definition) is 2. The molecule has 0 radical (unpaired) electrons. The van der Waals surface area contributed by atoms with Crippen LogP contribution in [-0.4, -0.2) is 30.8 Å². The van der Waals surface area contributed by atoms with Crippen LogP contribution in [0.1, 0.15) is 55.2 Å². The standard InChI is InChI=1S/C30H34N2O4S/c1-30(2,3)36-29(34)32-26(28(33)35-4)18-20-15-16-24-23(17-20)27(37-22-13-9-6-10-14-22)19-25(31-24)21-11-7-5-8-12-21/h5-17,25-27,31H,18-19H2,1-4H3,(H,32,34). The van der Waals surface area contributed by atoms with Crippen molar-refractivity contribution in [2.45, 2.75) is 61.4 Å². The van der Waals surface area contributed by atoms with Gasteiger partial charge in [0.25, 0.3) is 0 Å². The predicted octanol–water partition coefficient (Wildman–Crippen LogP) is 6.69. The Morgan fingerprint density at radius 2 is 1.70 bits per heavy atom. The van der Waals surface area contributed by atoms with Crippen LogP contribution in [0.3, 0.4) is 0 Å². The second kappa shape index (κ2) is 11.7. The molecule has 1 amide bonds. The van der Waals surface area contributed by atoms with Crippen LogP contribution in [0.5, 0.6) is 0 Å². The van der Waals surface area contributed by atoms with Crippen molar-refractivity contribution in [3.05, 3.63) is 95.6 Å². The van der Waals surface area contributed by atoms with Crippen LogP contribution in [0.2, 0.25) is 0 Å². The number of benzene rings is 3. The zero-order chi connectivity index (χ0) is 26.4. The van der Waals surface area contributed by atoms with Gasteiger partial charge in [-0.2, -0.15) is 0 Å². The highest BCUT2D eigenvalue weighted by molar-refractivity contribution is 7.99. The summed E-state index contributed by atoms with van der Waals surface area (Å²) in [6, 6.07) is 26.4. The Balaban J connectivity index is 1.60. The van der Waals surface area contributed by atoms with Gasteiger partial charge in [0, 0.05) is 22.3 Å². The molecule has 0 aliphatic carbocycles. The SMILES string of the molecule is COC(=O)C(Cc1ccc2c(c1)C(Sc1ccccc1)CC(c1ccccc1)N2)NC(=O)OC(C)(C)C. The van der Waals surface area contributed by atoms with Gasteiger partial charge in [-0.3, -0.25) is 0 Å². The molecule has 3 unspecified atom stereocenters. The van der Waals surface area contributed by atoms with E-state index in [9.17, 15) is 9.59 Å². The maximum absolute atomic E-state index is 12.5. The molecule has 0 spiro atoms. The molecule has 0 bridgehead atoms. The van der Waals surface area contributed by atoms with Crippen molar-refractivity contribution in [3.63, 3.8) is 0 Å². The summed E-state index contributed by atoms with van der Waals surface area (Å²) < 4.78 is 10.3. The van der Waals surface area contributed by atoms with Crippen LogP contribution in [-0.2, 0) is 20.7 Å². The van der Waals surface area contributed by atoms with Crippen molar-refractivity contribution in [2.24, 2.45) is 0 Å². The molecule has 7 heteroatoms. The molecule has 0 saturated heterocycles. The molecule has 6 nitrogen and oxygen atoms in total. The van der Waals surface area contributed by atoms with Crippen molar-refractivity contribution in [1.82, 2.24) is 5.32 Å². The van der Waals surface area contributed by atoms with Crippen LogP contribution in [0.25, 0.3) is 0 Å². The van der Waals surface area contributed by atoms with E-state index in [4.69, 9.17) is 9.47 Å². The van der Waals surface area contributed by atoms with Crippen LogP contribution < -0.4 is 10.6 Å². The molecular weight excluding hydrogens is 484 g/mol. The molecule has 2 N–H and O–H groups in total. The maximum atomic E-state index is 12.5. The molecule has 37 heavy (non-hydrogen) atoms. The Bertz CT molecular complexity index is 1210. The minimum atomic E-state index is -0.855. The molecule has 1 aliphatic heterocycles. The zero-order valence-corrected chi connectivity index (χ0v) is 22.5. The predicted molar refractivity (Wildman–Crippen MR) is 148 cm³/mol. The maximum Gasteiger partial charge on any atom is 0.408 e. The summed E-state index contributed by atoms with van der Waals surface area (Å²) in [5.41, 5.74) is 3.78. The van der Waals surface area contributed by atoms with Crippen LogP contribution in [0.4, 0.5) is 10.5 Å². The third kappa shape index (κ3) is 7.29. The van der Waals surface area contributed by atoms with E-state index in [1.54, 1.807) is 20.8 Å². The first-order chi connectivity index (χ1) is 17.7. The van der Waals surface area contributed by atoms with Crippen molar-refractivity contribution in [2.75, 3.05) is 12.4 Å². The van der Waals surface area contributed by atoms with Crippen LogP contribution in [0, 0.1) is 0 Å². The molecule has 1 heterocycles. The smallest absolute Gasteiger partial charge is 0.408 e. The van der Waals surface area contributed by atoms with Gasteiger partial charge in [-0.05, 0) is 62.1 Å². The Hall–Kier alpha value is -3.45. The fraction of sp³-hybridized carbons (Fsp3) is 0.333. The Labute approximate surface area is 223 Å². The molecule has 3 atom stereocenters. The van der Waals surface area contributed by atoms with Gasteiger partial charge in [-0.1, -0.05) is 60.7 Å². The number of carbonyl (C=O) groups is 2. The Morgan fingerprint density at radius 3 is 2.35 bits per heavy atom. The summed E-state index contributed by atoms with van der Waals surface area (Å²) in [4.78, 5) is 26.1. The lowest BCUT2D eigenvalue weighted by molar-refractivity contribution is -0.143. The van der Waals surface area contributed by atoms with Gasteiger partial charge >= 0.3 is 12.1 Å². The number of methoxy groups -OCH3 is 1. The number of carbonyl (C=O) groups excluding carboxylic acids is 2. The molecule has 0 saturated carbocycles. The fourth-order valence-corrected chi connectivity index (χ4v) is 5.68. The monoisotopic (exact) mass is 518 g/mol. The van der Waals surface area contributed by atoms with Gasteiger partial charge in [0.15, 0.2) is 0 Å². The number of anilines is 1. The number of esters is 1. The number of fused-ring (bicyclic) bond motifs is 1. The Kier molecular flexibility index (Phi) is 8.44. The van der Waals surface area contributed by atoms with Crippen LogP contribution >= 0.6 is 11.8 Å². The summed E-state index contributed by atoms with van der Waals surface area (Å²) in [5.74, 6) is -0.513. The molecule has 0 aromatic heterocycles. The Morgan fingerprint density at radius 1 is 1.03 bits per heavy atom. The molecule has 194 valence electrons. The minimum Gasteiger partial charge on any atom is -0.467 e. The van der Waals surface area contributed by atoms with Gasteiger partial charge in [-0.25, -0.2) is 9.59 Å². The van der Waals surface area contributed by atoms with E-state index < -0.39 is 23.7 Å². The van der Waals surface area contributed by atoms with Crippen molar-refractivity contribution >= 4 is 29.5 Å². The van der Waals surface area contributed by atoms with Crippen molar-refractivity contribution in [1.29, 1.82) is 0 Å². The van der Waals surface area contributed by atoms with Crippen molar-refractivity contribution in [3.8, 4) is 0 Å². The third-order valence-corrected chi connectivity index (χ3v) is 7.36. The third-order valence-electron chi connectivity index (χ3n) is 6.08. The number of rotatable bonds is 7. The lowest BCUT2D eigenvalue weighted by Gasteiger charge is -2.34. The second-order valence-electron chi connectivity index (χ2n) is 10.1. The fourth-order valence-electron chi connectivity index (χ4n) is 4.43. The van der Waals surface area contributed by atoms with E-state index in [-0.39, 0.29) is 11.3 Å². The van der Waals surface area contributed by atoms with Gasteiger partial charge in [0.05, 0.1) is 13.2 Å². The average molecular weight is 519 g/mol. The largest absolute Gasteiger partial charge is 0.467 e. The first-order valence-electron chi connectivity index (χ1n) is 12.4. The summed E-state index contributed by atoms with van der Waals surface area (Å²) in [7, 11) is 1.32. The highest BCUT2D eigenvalue weighted by Crippen LogP contribution is 2.48. The number of alkyl carbamates (subject to hydrolysis) is 1. The zero-order valence-electron chi connectivity index (χ0n) is 21.7. The first kappa shape index (κ1) is 26.6. The highest BCUT2D eigenvalue weighted by atomic mass is 32.2. The summed E-state index contributed by atoms with van der Waals surface area (Å²) >= 11 is 1.84. The van der Waals surface area contributed by atoms with Crippen molar-refractivity contribution < 1.29 is 19.1 Å². The topological polar surface area (TPSA) is 76.7 Å². The molecule has 0 fully saturated rings. The van der Waals surface area contributed by atoms with Gasteiger partial charge in [0.1, 0.15) is 11.6 Å². The highest BCUT2D eigenvalue weighted by Gasteiger charge is 2.30. The van der Waals surface area contributed by atoms with Gasteiger partial charge in [0.2, 0.25) is 0 Å². The minimum absolute atomic E-state index is 0.192. The van der Waals surface area contributed by atoms with E-state index in [2.05, 4.69) is 71.3 Å². The van der Waals surface area contributed by atoms with E-state index >= 15 is 0 Å². The van der Waals surface area contributed by atoms with E-state index in [0.717, 1.165) is 17.7 Å². The number of nitrogens with one attached hydrogen (secondary N) is 2. The number of thioether (sulfide) groups is 1. The molecule has 3 aromatic carbocycles. The summed E-state index contributed by atoms with van der Waals surface area (Å²) in [6.45, 7) is 5.34. The molecule has 3 aromatic rings. The average Bonchev–Trinajstić information content (AvgIpc) is 2.88. The lowest BCUT2D eigenvalue weighted by Crippen LogP contribution is -2.45. The van der Waals surface area contributed by atoms with E-state index in [1.807, 2.05) is 30.0 Å². The molecule has 4 rings (SSSR count).